The van der Waals surface area contributed by atoms with E-state index in [1.54, 1.807) is 0 Å². The number of hydrogen-bond acceptors (Lipinski definition) is 3. The topological polar surface area (TPSA) is 84.2 Å². The van der Waals surface area contributed by atoms with Gasteiger partial charge in [-0.05, 0) is 24.7 Å². The fourth-order valence-corrected chi connectivity index (χ4v) is 2.48. The summed E-state index contributed by atoms with van der Waals surface area (Å²) in [5.74, 6) is 0.0554. The molecule has 1 rings (SSSR count). The first-order valence-corrected chi connectivity index (χ1v) is 7.28. The van der Waals surface area contributed by atoms with Crippen LogP contribution in [0.1, 0.15) is 39.0 Å². The molecule has 0 aromatic rings. The maximum atomic E-state index is 11.5. The summed E-state index contributed by atoms with van der Waals surface area (Å²) in [6, 6.07) is 0. The van der Waals surface area contributed by atoms with Crippen molar-refractivity contribution in [2.45, 2.75) is 39.0 Å². The Morgan fingerprint density at radius 3 is 2.16 bits per heavy atom. The van der Waals surface area contributed by atoms with Gasteiger partial charge in [-0.15, -0.1) is 0 Å². The molecule has 0 spiro atoms. The molecule has 4 N–H and O–H groups in total. The molecule has 0 bridgehead atoms. The molecule has 0 aromatic heterocycles. The fraction of sp³-hybridized carbons (Fsp3) is 0.769. The third kappa shape index (κ3) is 6.00. The fourth-order valence-electron chi connectivity index (χ4n) is 2.41. The summed E-state index contributed by atoms with van der Waals surface area (Å²) in [5, 5.41) is 5.04. The van der Waals surface area contributed by atoms with Crippen molar-refractivity contribution in [1.29, 1.82) is 0 Å². The van der Waals surface area contributed by atoms with E-state index in [1.165, 1.54) is 19.3 Å². The largest absolute Gasteiger partial charge is 0.392 e. The van der Waals surface area contributed by atoms with Crippen LogP contribution in [-0.2, 0) is 9.59 Å². The maximum absolute atomic E-state index is 11.5. The number of thiocarbonyl (C=S) groups is 1. The van der Waals surface area contributed by atoms with E-state index in [4.69, 9.17) is 5.73 Å². The molecular formula is C13H23N3O2S. The van der Waals surface area contributed by atoms with Gasteiger partial charge < -0.3 is 16.4 Å². The normalized spacial score (nSPS) is 22.6. The maximum Gasteiger partial charge on any atom is 0.309 e. The second kappa shape index (κ2) is 8.09. The molecule has 1 aliphatic carbocycles. The van der Waals surface area contributed by atoms with E-state index < -0.39 is 11.8 Å². The van der Waals surface area contributed by atoms with E-state index in [2.05, 4.69) is 29.8 Å². The minimum absolute atomic E-state index is 0.0587. The van der Waals surface area contributed by atoms with Gasteiger partial charge in [0, 0.05) is 6.54 Å². The molecule has 108 valence electrons. The first-order valence-electron chi connectivity index (χ1n) is 6.87. The number of carbonyl (C=O) groups excluding carboxylic acids is 2. The Kier molecular flexibility index (Phi) is 6.77. The van der Waals surface area contributed by atoms with E-state index in [9.17, 15) is 9.59 Å². The highest BCUT2D eigenvalue weighted by atomic mass is 32.1. The molecule has 0 unspecified atom stereocenters. The molecule has 0 atom stereocenters. The molecule has 1 aliphatic rings. The zero-order valence-electron chi connectivity index (χ0n) is 11.4. The molecular weight excluding hydrogens is 262 g/mol. The van der Waals surface area contributed by atoms with Crippen molar-refractivity contribution in [2.24, 2.45) is 17.6 Å². The lowest BCUT2D eigenvalue weighted by atomic mass is 9.81. The van der Waals surface area contributed by atoms with Gasteiger partial charge in [-0.3, -0.25) is 9.59 Å². The van der Waals surface area contributed by atoms with Gasteiger partial charge in [-0.1, -0.05) is 38.4 Å². The van der Waals surface area contributed by atoms with E-state index in [0.29, 0.717) is 12.5 Å². The smallest absolute Gasteiger partial charge is 0.309 e. The predicted octanol–water partition coefficient (Wildman–Crippen LogP) is 0.721. The lowest BCUT2D eigenvalue weighted by molar-refractivity contribution is -0.139. The Hall–Kier alpha value is -1.17. The molecule has 2 amide bonds. The van der Waals surface area contributed by atoms with E-state index >= 15 is 0 Å². The number of hydrogen-bond donors (Lipinski definition) is 3. The van der Waals surface area contributed by atoms with Gasteiger partial charge >= 0.3 is 11.8 Å². The molecule has 1 fully saturated rings. The van der Waals surface area contributed by atoms with Gasteiger partial charge in [0.25, 0.3) is 0 Å². The summed E-state index contributed by atoms with van der Waals surface area (Å²) in [6.07, 6.45) is 5.95. The average Bonchev–Trinajstić information content (AvgIpc) is 2.42. The Morgan fingerprint density at radius 1 is 1.11 bits per heavy atom. The van der Waals surface area contributed by atoms with Crippen LogP contribution in [0, 0.1) is 11.8 Å². The summed E-state index contributed by atoms with van der Waals surface area (Å²) in [5.41, 5.74) is 5.24. The van der Waals surface area contributed by atoms with Crippen molar-refractivity contribution in [3.8, 4) is 0 Å². The summed E-state index contributed by atoms with van der Waals surface area (Å²) in [6.45, 7) is 2.86. The molecule has 6 heteroatoms. The zero-order chi connectivity index (χ0) is 14.3. The third-order valence-corrected chi connectivity index (χ3v) is 3.87. The molecule has 0 heterocycles. The highest BCUT2D eigenvalue weighted by Crippen LogP contribution is 2.29. The van der Waals surface area contributed by atoms with Crippen molar-refractivity contribution in [1.82, 2.24) is 10.6 Å². The number of rotatable bonds is 5. The molecule has 0 aromatic carbocycles. The summed E-state index contributed by atoms with van der Waals surface area (Å²) in [4.78, 5) is 23.1. The highest BCUT2D eigenvalue weighted by molar-refractivity contribution is 7.80. The van der Waals surface area contributed by atoms with Gasteiger partial charge in [-0.25, -0.2) is 0 Å². The minimum atomic E-state index is -0.671. The Balaban J connectivity index is 2.19. The van der Waals surface area contributed by atoms with Crippen molar-refractivity contribution in [2.75, 3.05) is 13.1 Å². The van der Waals surface area contributed by atoms with Crippen LogP contribution < -0.4 is 16.4 Å². The first kappa shape index (κ1) is 15.9. The molecule has 0 aliphatic heterocycles. The van der Waals surface area contributed by atoms with Crippen molar-refractivity contribution in [3.05, 3.63) is 0 Å². The first-order chi connectivity index (χ1) is 9.02. The Morgan fingerprint density at radius 2 is 1.63 bits per heavy atom. The molecule has 0 saturated heterocycles. The van der Waals surface area contributed by atoms with Crippen LogP contribution in [-0.4, -0.2) is 29.9 Å². The van der Waals surface area contributed by atoms with E-state index in [-0.39, 0.29) is 11.5 Å². The molecule has 1 saturated carbocycles. The van der Waals surface area contributed by atoms with Crippen LogP contribution in [0.15, 0.2) is 0 Å². The SMILES string of the molecule is CCC1CCC(CNC(=O)C(=O)NCC(N)=S)CC1. The van der Waals surface area contributed by atoms with Gasteiger partial charge in [0.2, 0.25) is 0 Å². The average molecular weight is 285 g/mol. The standard InChI is InChI=1S/C13H23N3O2S/c1-2-9-3-5-10(6-4-9)7-15-12(17)13(18)16-8-11(14)19/h9-10H,2-8H2,1H3,(H2,14,19)(H,15,17)(H,16,18). The van der Waals surface area contributed by atoms with Crippen molar-refractivity contribution in [3.63, 3.8) is 0 Å². The van der Waals surface area contributed by atoms with Crippen LogP contribution in [0.2, 0.25) is 0 Å². The van der Waals surface area contributed by atoms with Crippen LogP contribution in [0.25, 0.3) is 0 Å². The van der Waals surface area contributed by atoms with E-state index in [0.717, 1.165) is 18.8 Å². The van der Waals surface area contributed by atoms with Gasteiger partial charge in [0.05, 0.1) is 11.5 Å². The summed E-state index contributed by atoms with van der Waals surface area (Å²) < 4.78 is 0. The highest BCUT2D eigenvalue weighted by Gasteiger charge is 2.21. The number of amides is 2. The second-order valence-corrected chi connectivity index (χ2v) is 5.68. The molecule has 5 nitrogen and oxygen atoms in total. The lowest BCUT2D eigenvalue weighted by Crippen LogP contribution is -2.44. The quantitative estimate of drug-likeness (QED) is 0.513. The predicted molar refractivity (Wildman–Crippen MR) is 78.5 cm³/mol. The van der Waals surface area contributed by atoms with Gasteiger partial charge in [0.15, 0.2) is 0 Å². The second-order valence-electron chi connectivity index (χ2n) is 5.15. The van der Waals surface area contributed by atoms with Gasteiger partial charge in [-0.2, -0.15) is 0 Å². The number of nitrogens with one attached hydrogen (secondary N) is 2. The third-order valence-electron chi connectivity index (χ3n) is 3.72. The zero-order valence-corrected chi connectivity index (χ0v) is 12.2. The van der Waals surface area contributed by atoms with Crippen molar-refractivity contribution < 1.29 is 9.59 Å². The minimum Gasteiger partial charge on any atom is -0.392 e. The van der Waals surface area contributed by atoms with Crippen LogP contribution in [0.4, 0.5) is 0 Å². The monoisotopic (exact) mass is 285 g/mol. The van der Waals surface area contributed by atoms with Crippen LogP contribution in [0.3, 0.4) is 0 Å². The summed E-state index contributed by atoms with van der Waals surface area (Å²) in [7, 11) is 0. The van der Waals surface area contributed by atoms with E-state index in [1.807, 2.05) is 0 Å². The Labute approximate surface area is 119 Å². The Bertz CT molecular complexity index is 339. The number of carbonyl (C=O) groups is 2. The van der Waals surface area contributed by atoms with Crippen LogP contribution in [0.5, 0.6) is 0 Å². The van der Waals surface area contributed by atoms with Crippen LogP contribution >= 0.6 is 12.2 Å². The summed E-state index contributed by atoms with van der Waals surface area (Å²) >= 11 is 4.62. The number of nitrogens with two attached hydrogens (primary N) is 1. The van der Waals surface area contributed by atoms with Gasteiger partial charge in [0.1, 0.15) is 0 Å². The van der Waals surface area contributed by atoms with Crippen molar-refractivity contribution >= 4 is 29.0 Å². The molecule has 0 radical (unpaired) electrons. The molecule has 19 heavy (non-hydrogen) atoms. The lowest BCUT2D eigenvalue weighted by Gasteiger charge is -2.27.